The predicted molar refractivity (Wildman–Crippen MR) is 89.6 cm³/mol. The molecule has 0 saturated carbocycles. The molecule has 3 N–H and O–H groups in total. The van der Waals surface area contributed by atoms with E-state index in [-0.39, 0.29) is 0 Å². The van der Waals surface area contributed by atoms with E-state index in [9.17, 15) is 9.00 Å². The maximum atomic E-state index is 12.2. The first-order valence-corrected chi connectivity index (χ1v) is 8.19. The van der Waals surface area contributed by atoms with E-state index in [1.165, 1.54) is 11.6 Å². The SMILES string of the molecule is O=C(/C=C/c1ccc(S(=O)Nc2ccc(Br)cc2)cc1)NO. The second kappa shape index (κ2) is 7.88. The van der Waals surface area contributed by atoms with E-state index >= 15 is 0 Å². The minimum Gasteiger partial charge on any atom is -0.301 e. The maximum Gasteiger partial charge on any atom is 0.267 e. The molecule has 5 nitrogen and oxygen atoms in total. The van der Waals surface area contributed by atoms with E-state index in [0.29, 0.717) is 4.90 Å². The molecule has 1 amide bonds. The van der Waals surface area contributed by atoms with Gasteiger partial charge in [0.15, 0.2) is 0 Å². The second-order valence-electron chi connectivity index (χ2n) is 4.26. The van der Waals surface area contributed by atoms with Gasteiger partial charge in [-0.25, -0.2) is 9.69 Å². The Morgan fingerprint density at radius 3 is 2.32 bits per heavy atom. The van der Waals surface area contributed by atoms with Crippen LogP contribution < -0.4 is 10.2 Å². The number of nitrogens with one attached hydrogen (secondary N) is 2. The van der Waals surface area contributed by atoms with Crippen molar-refractivity contribution in [2.75, 3.05) is 4.72 Å². The van der Waals surface area contributed by atoms with Gasteiger partial charge in [-0.1, -0.05) is 28.1 Å². The highest BCUT2D eigenvalue weighted by Crippen LogP contribution is 2.17. The van der Waals surface area contributed by atoms with Crippen molar-refractivity contribution in [3.8, 4) is 0 Å². The second-order valence-corrected chi connectivity index (χ2v) is 6.38. The van der Waals surface area contributed by atoms with Gasteiger partial charge in [-0.3, -0.25) is 10.0 Å². The summed E-state index contributed by atoms with van der Waals surface area (Å²) in [6.07, 6.45) is 2.74. The highest BCUT2D eigenvalue weighted by Gasteiger charge is 2.04. The minimum absolute atomic E-state index is 0.607. The summed E-state index contributed by atoms with van der Waals surface area (Å²) >= 11 is 3.34. The summed E-state index contributed by atoms with van der Waals surface area (Å²) in [4.78, 5) is 11.5. The molecule has 0 bridgehead atoms. The molecule has 1 unspecified atom stereocenters. The maximum absolute atomic E-state index is 12.2. The Kier molecular flexibility index (Phi) is 5.88. The molecule has 22 heavy (non-hydrogen) atoms. The van der Waals surface area contributed by atoms with E-state index in [0.717, 1.165) is 15.7 Å². The molecule has 0 aliphatic rings. The van der Waals surface area contributed by atoms with Crippen LogP contribution in [0.1, 0.15) is 5.56 Å². The number of amides is 1. The van der Waals surface area contributed by atoms with Crippen molar-refractivity contribution in [2.45, 2.75) is 4.90 Å². The molecule has 0 aromatic heterocycles. The third-order valence-electron chi connectivity index (χ3n) is 2.69. The summed E-state index contributed by atoms with van der Waals surface area (Å²) in [7, 11) is -1.37. The molecule has 0 heterocycles. The molecular formula is C15H13BrN2O3S. The van der Waals surface area contributed by atoms with Crippen molar-refractivity contribution in [2.24, 2.45) is 0 Å². The molecule has 2 rings (SSSR count). The Balaban J connectivity index is 2.03. The quantitative estimate of drug-likeness (QED) is 0.423. The molecule has 2 aromatic carbocycles. The molecule has 0 spiro atoms. The number of hydrogen-bond acceptors (Lipinski definition) is 3. The van der Waals surface area contributed by atoms with Gasteiger partial charge in [-0.2, -0.15) is 0 Å². The molecular weight excluding hydrogens is 368 g/mol. The largest absolute Gasteiger partial charge is 0.301 e. The summed E-state index contributed by atoms with van der Waals surface area (Å²) < 4.78 is 16.0. The fourth-order valence-corrected chi connectivity index (χ4v) is 2.71. The summed E-state index contributed by atoms with van der Waals surface area (Å²) in [5, 5.41) is 8.38. The first-order chi connectivity index (χ1) is 10.6. The summed E-state index contributed by atoms with van der Waals surface area (Å²) in [6, 6.07) is 14.3. The number of rotatable bonds is 5. The lowest BCUT2D eigenvalue weighted by Crippen LogP contribution is -2.14. The zero-order valence-electron chi connectivity index (χ0n) is 11.3. The molecule has 0 aliphatic heterocycles. The molecule has 1 atom stereocenters. The monoisotopic (exact) mass is 380 g/mol. The van der Waals surface area contributed by atoms with Crippen LogP contribution in [0.4, 0.5) is 5.69 Å². The Morgan fingerprint density at radius 2 is 1.73 bits per heavy atom. The summed E-state index contributed by atoms with van der Waals surface area (Å²) in [6.45, 7) is 0. The van der Waals surface area contributed by atoms with Crippen LogP contribution in [0.25, 0.3) is 6.08 Å². The van der Waals surface area contributed by atoms with Crippen molar-refractivity contribution in [3.05, 3.63) is 64.6 Å². The van der Waals surface area contributed by atoms with E-state index in [4.69, 9.17) is 5.21 Å². The average Bonchev–Trinajstić information content (AvgIpc) is 2.55. The van der Waals surface area contributed by atoms with Crippen LogP contribution in [-0.4, -0.2) is 15.3 Å². The van der Waals surface area contributed by atoms with E-state index < -0.39 is 16.9 Å². The zero-order valence-corrected chi connectivity index (χ0v) is 13.7. The Morgan fingerprint density at radius 1 is 1.09 bits per heavy atom. The Hall–Kier alpha value is -1.96. The van der Waals surface area contributed by atoms with Crippen LogP contribution >= 0.6 is 15.9 Å². The number of hydrogen-bond donors (Lipinski definition) is 3. The van der Waals surface area contributed by atoms with E-state index in [1.54, 1.807) is 30.3 Å². The molecule has 2 aromatic rings. The van der Waals surface area contributed by atoms with Gasteiger partial charge in [0, 0.05) is 16.2 Å². The standard InChI is InChI=1S/C15H13BrN2O3S/c16-12-4-6-13(7-5-12)18-22(21)14-8-1-11(2-9-14)3-10-15(19)17-20/h1-10,18,20H,(H,17,19)/b10-3+. The third kappa shape index (κ3) is 4.80. The lowest BCUT2D eigenvalue weighted by molar-refractivity contribution is -0.124. The predicted octanol–water partition coefficient (Wildman–Crippen LogP) is 3.10. The van der Waals surface area contributed by atoms with Crippen molar-refractivity contribution in [1.82, 2.24) is 5.48 Å². The Bertz CT molecular complexity index is 700. The lowest BCUT2D eigenvalue weighted by Gasteiger charge is -2.06. The van der Waals surface area contributed by atoms with Crippen LogP contribution in [0.3, 0.4) is 0 Å². The topological polar surface area (TPSA) is 78.4 Å². The van der Waals surface area contributed by atoms with Gasteiger partial charge in [0.1, 0.15) is 11.0 Å². The molecule has 0 radical (unpaired) electrons. The zero-order chi connectivity index (χ0) is 15.9. The van der Waals surface area contributed by atoms with Crippen LogP contribution in [0.2, 0.25) is 0 Å². The number of benzene rings is 2. The summed E-state index contributed by atoms with van der Waals surface area (Å²) in [5.74, 6) is -0.607. The first kappa shape index (κ1) is 16.4. The lowest BCUT2D eigenvalue weighted by atomic mass is 10.2. The van der Waals surface area contributed by atoms with Crippen LogP contribution in [-0.2, 0) is 15.8 Å². The van der Waals surface area contributed by atoms with Gasteiger partial charge in [-0.05, 0) is 48.0 Å². The van der Waals surface area contributed by atoms with Crippen molar-refractivity contribution >= 4 is 44.6 Å². The fraction of sp³-hybridized carbons (Fsp3) is 0. The number of halogens is 1. The normalized spacial score (nSPS) is 12.1. The number of anilines is 1. The highest BCUT2D eigenvalue weighted by atomic mass is 79.9. The van der Waals surface area contributed by atoms with Gasteiger partial charge in [0.2, 0.25) is 0 Å². The first-order valence-electron chi connectivity index (χ1n) is 6.25. The van der Waals surface area contributed by atoms with E-state index in [1.807, 2.05) is 24.3 Å². The number of carbonyl (C=O) groups is 1. The molecule has 0 fully saturated rings. The molecule has 7 heteroatoms. The van der Waals surface area contributed by atoms with Crippen molar-refractivity contribution < 1.29 is 14.2 Å². The van der Waals surface area contributed by atoms with Crippen LogP contribution in [0.5, 0.6) is 0 Å². The highest BCUT2D eigenvalue weighted by molar-refractivity contribution is 9.10. The van der Waals surface area contributed by atoms with Gasteiger partial charge < -0.3 is 4.72 Å². The average molecular weight is 381 g/mol. The van der Waals surface area contributed by atoms with Crippen molar-refractivity contribution in [3.63, 3.8) is 0 Å². The van der Waals surface area contributed by atoms with Crippen molar-refractivity contribution in [1.29, 1.82) is 0 Å². The minimum atomic E-state index is -1.37. The number of hydroxylamine groups is 1. The van der Waals surface area contributed by atoms with Crippen LogP contribution in [0.15, 0.2) is 64.0 Å². The van der Waals surface area contributed by atoms with E-state index in [2.05, 4.69) is 20.7 Å². The number of carbonyl (C=O) groups excluding carboxylic acids is 1. The third-order valence-corrected chi connectivity index (χ3v) is 4.34. The molecule has 114 valence electrons. The fourth-order valence-electron chi connectivity index (χ4n) is 1.60. The Labute approximate surface area is 138 Å². The molecule has 0 saturated heterocycles. The van der Waals surface area contributed by atoms with Gasteiger partial charge in [0.05, 0.1) is 4.90 Å². The summed E-state index contributed by atoms with van der Waals surface area (Å²) in [5.41, 5.74) is 3.02. The van der Waals surface area contributed by atoms with Gasteiger partial charge in [0.25, 0.3) is 5.91 Å². The van der Waals surface area contributed by atoms with Gasteiger partial charge >= 0.3 is 0 Å². The molecule has 0 aliphatic carbocycles. The smallest absolute Gasteiger partial charge is 0.267 e. The van der Waals surface area contributed by atoms with Crippen LogP contribution in [0, 0.1) is 0 Å². The van der Waals surface area contributed by atoms with Gasteiger partial charge in [-0.15, -0.1) is 0 Å².